The Hall–Kier alpha value is -1.52. The molecular formula is C13H11ClO3S. The lowest BCUT2D eigenvalue weighted by Gasteiger charge is -2.10. The molecule has 0 saturated heterocycles. The van der Waals surface area contributed by atoms with E-state index in [1.54, 1.807) is 30.3 Å². The van der Waals surface area contributed by atoms with E-state index in [1.165, 1.54) is 25.6 Å². The molecule has 1 aromatic heterocycles. The second-order valence-electron chi connectivity index (χ2n) is 3.47. The van der Waals surface area contributed by atoms with Gasteiger partial charge in [-0.25, -0.2) is 0 Å². The third-order valence-electron chi connectivity index (χ3n) is 2.45. The van der Waals surface area contributed by atoms with Gasteiger partial charge in [0, 0.05) is 0 Å². The zero-order valence-corrected chi connectivity index (χ0v) is 11.5. The van der Waals surface area contributed by atoms with Crippen molar-refractivity contribution in [2.24, 2.45) is 0 Å². The normalized spacial score (nSPS) is 10.2. The number of carbonyl (C=O) groups excluding carboxylic acids is 1. The lowest BCUT2D eigenvalue weighted by molar-refractivity contribution is 0.103. The molecule has 1 heterocycles. The smallest absolute Gasteiger partial charge is 0.210 e. The largest absolute Gasteiger partial charge is 0.496 e. The minimum atomic E-state index is -0.152. The van der Waals surface area contributed by atoms with Crippen molar-refractivity contribution in [3.05, 3.63) is 45.1 Å². The molecule has 0 bridgehead atoms. The van der Waals surface area contributed by atoms with E-state index < -0.39 is 0 Å². The predicted octanol–water partition coefficient (Wildman–Crippen LogP) is 3.65. The topological polar surface area (TPSA) is 35.5 Å². The van der Waals surface area contributed by atoms with Crippen LogP contribution in [0.3, 0.4) is 0 Å². The summed E-state index contributed by atoms with van der Waals surface area (Å²) in [6.45, 7) is 0. The average Bonchev–Trinajstić information content (AvgIpc) is 2.83. The molecule has 5 heteroatoms. The number of methoxy groups -OCH3 is 2. The molecule has 0 N–H and O–H groups in total. The first kappa shape index (κ1) is 12.9. The van der Waals surface area contributed by atoms with Crippen LogP contribution < -0.4 is 9.47 Å². The molecular weight excluding hydrogens is 272 g/mol. The lowest BCUT2D eigenvalue weighted by atomic mass is 10.1. The Morgan fingerprint density at radius 1 is 1.11 bits per heavy atom. The van der Waals surface area contributed by atoms with Crippen molar-refractivity contribution < 1.29 is 14.3 Å². The molecule has 0 aliphatic rings. The number of thiophene rings is 1. The second kappa shape index (κ2) is 5.42. The maximum atomic E-state index is 12.4. The lowest BCUT2D eigenvalue weighted by Crippen LogP contribution is -2.04. The maximum Gasteiger partial charge on any atom is 0.210 e. The fourth-order valence-corrected chi connectivity index (χ4v) is 2.62. The van der Waals surface area contributed by atoms with Gasteiger partial charge in [-0.1, -0.05) is 17.7 Å². The molecule has 0 spiro atoms. The Labute approximate surface area is 114 Å². The summed E-state index contributed by atoms with van der Waals surface area (Å²) >= 11 is 7.08. The number of hydrogen-bond donors (Lipinski definition) is 0. The fourth-order valence-electron chi connectivity index (χ4n) is 1.63. The third-order valence-corrected chi connectivity index (χ3v) is 3.68. The average molecular weight is 283 g/mol. The number of halogens is 1. The molecule has 0 fully saturated rings. The molecule has 1 aromatic carbocycles. The van der Waals surface area contributed by atoms with Crippen LogP contribution in [0.2, 0.25) is 4.34 Å². The van der Waals surface area contributed by atoms with Gasteiger partial charge in [0.2, 0.25) is 5.78 Å². The fraction of sp³-hybridized carbons (Fsp3) is 0.154. The van der Waals surface area contributed by atoms with Gasteiger partial charge >= 0.3 is 0 Å². The van der Waals surface area contributed by atoms with E-state index in [4.69, 9.17) is 21.1 Å². The molecule has 2 aromatic rings. The van der Waals surface area contributed by atoms with E-state index in [0.29, 0.717) is 26.3 Å². The summed E-state index contributed by atoms with van der Waals surface area (Å²) in [7, 11) is 3.04. The van der Waals surface area contributed by atoms with Crippen molar-refractivity contribution >= 4 is 28.7 Å². The highest BCUT2D eigenvalue weighted by atomic mass is 35.5. The van der Waals surface area contributed by atoms with Crippen LogP contribution in [0.4, 0.5) is 0 Å². The van der Waals surface area contributed by atoms with Crippen molar-refractivity contribution in [1.82, 2.24) is 0 Å². The van der Waals surface area contributed by atoms with Crippen LogP contribution in [0.5, 0.6) is 11.5 Å². The van der Waals surface area contributed by atoms with Crippen LogP contribution >= 0.6 is 22.9 Å². The van der Waals surface area contributed by atoms with Crippen molar-refractivity contribution in [2.75, 3.05) is 14.2 Å². The maximum absolute atomic E-state index is 12.4. The third kappa shape index (κ3) is 2.35. The zero-order valence-electron chi connectivity index (χ0n) is 9.90. The quantitative estimate of drug-likeness (QED) is 0.803. The summed E-state index contributed by atoms with van der Waals surface area (Å²) in [6.07, 6.45) is 0. The van der Waals surface area contributed by atoms with Crippen LogP contribution in [-0.4, -0.2) is 20.0 Å². The molecule has 3 nitrogen and oxygen atoms in total. The van der Waals surface area contributed by atoms with Gasteiger partial charge < -0.3 is 9.47 Å². The van der Waals surface area contributed by atoms with E-state index in [0.717, 1.165) is 0 Å². The first-order valence-corrected chi connectivity index (χ1v) is 6.38. The predicted molar refractivity (Wildman–Crippen MR) is 72.3 cm³/mol. The summed E-state index contributed by atoms with van der Waals surface area (Å²) < 4.78 is 11.0. The highest BCUT2D eigenvalue weighted by Crippen LogP contribution is 2.33. The molecule has 0 atom stereocenters. The van der Waals surface area contributed by atoms with Crippen LogP contribution in [0.1, 0.15) is 15.2 Å². The van der Waals surface area contributed by atoms with E-state index >= 15 is 0 Å². The molecule has 0 amide bonds. The summed E-state index contributed by atoms with van der Waals surface area (Å²) in [5.74, 6) is 0.828. The molecule has 18 heavy (non-hydrogen) atoms. The van der Waals surface area contributed by atoms with Gasteiger partial charge in [0.25, 0.3) is 0 Å². The van der Waals surface area contributed by atoms with Crippen molar-refractivity contribution in [1.29, 1.82) is 0 Å². The van der Waals surface area contributed by atoms with Gasteiger partial charge in [-0.05, 0) is 24.3 Å². The minimum absolute atomic E-state index is 0.152. The van der Waals surface area contributed by atoms with Gasteiger partial charge in [0.05, 0.1) is 23.4 Å². The van der Waals surface area contributed by atoms with Gasteiger partial charge in [0.1, 0.15) is 17.1 Å². The highest BCUT2D eigenvalue weighted by molar-refractivity contribution is 7.18. The number of carbonyl (C=O) groups is 1. The molecule has 0 aliphatic carbocycles. The molecule has 2 rings (SSSR count). The van der Waals surface area contributed by atoms with Crippen LogP contribution in [0, 0.1) is 0 Å². The number of hydrogen-bond acceptors (Lipinski definition) is 4. The van der Waals surface area contributed by atoms with E-state index in [9.17, 15) is 4.79 Å². The van der Waals surface area contributed by atoms with E-state index in [-0.39, 0.29) is 5.78 Å². The molecule has 0 aliphatic heterocycles. The highest BCUT2D eigenvalue weighted by Gasteiger charge is 2.20. The molecule has 0 unspecified atom stereocenters. The van der Waals surface area contributed by atoms with E-state index in [2.05, 4.69) is 0 Å². The summed E-state index contributed by atoms with van der Waals surface area (Å²) in [6, 6.07) is 8.62. The Morgan fingerprint density at radius 2 is 1.72 bits per heavy atom. The zero-order chi connectivity index (χ0) is 13.1. The monoisotopic (exact) mass is 282 g/mol. The minimum Gasteiger partial charge on any atom is -0.496 e. The van der Waals surface area contributed by atoms with Gasteiger partial charge in [-0.3, -0.25) is 4.79 Å². The first-order valence-electron chi connectivity index (χ1n) is 5.18. The summed E-state index contributed by atoms with van der Waals surface area (Å²) in [4.78, 5) is 13.0. The van der Waals surface area contributed by atoms with Crippen LogP contribution in [0.15, 0.2) is 30.3 Å². The van der Waals surface area contributed by atoms with Crippen molar-refractivity contribution in [3.63, 3.8) is 0 Å². The standard InChI is InChI=1S/C13H11ClO3S/c1-16-8-4-3-5-9(17-2)12(8)13(15)10-6-7-11(14)18-10/h3-7H,1-2H3. The van der Waals surface area contributed by atoms with Crippen LogP contribution in [-0.2, 0) is 0 Å². The van der Waals surface area contributed by atoms with Crippen molar-refractivity contribution in [2.45, 2.75) is 0 Å². The van der Waals surface area contributed by atoms with Crippen LogP contribution in [0.25, 0.3) is 0 Å². The Morgan fingerprint density at radius 3 is 2.17 bits per heavy atom. The Bertz CT molecular complexity index is 555. The van der Waals surface area contributed by atoms with Gasteiger partial charge in [0.15, 0.2) is 0 Å². The summed E-state index contributed by atoms with van der Waals surface area (Å²) in [5, 5.41) is 0. The van der Waals surface area contributed by atoms with Crippen molar-refractivity contribution in [3.8, 4) is 11.5 Å². The van der Waals surface area contributed by atoms with Gasteiger partial charge in [-0.15, -0.1) is 11.3 Å². The Balaban J connectivity index is 2.52. The molecule has 0 saturated carbocycles. The first-order chi connectivity index (χ1) is 8.67. The second-order valence-corrected chi connectivity index (χ2v) is 5.19. The number of ketones is 1. The number of ether oxygens (including phenoxy) is 2. The SMILES string of the molecule is COc1cccc(OC)c1C(=O)c1ccc(Cl)s1. The number of benzene rings is 1. The Kier molecular flexibility index (Phi) is 3.89. The van der Waals surface area contributed by atoms with E-state index in [1.807, 2.05) is 0 Å². The van der Waals surface area contributed by atoms with Gasteiger partial charge in [-0.2, -0.15) is 0 Å². The molecule has 94 valence electrons. The molecule has 0 radical (unpaired) electrons. The summed E-state index contributed by atoms with van der Waals surface area (Å²) in [5.41, 5.74) is 0.418. The number of rotatable bonds is 4.